The van der Waals surface area contributed by atoms with Gasteiger partial charge < -0.3 is 15.0 Å². The van der Waals surface area contributed by atoms with E-state index in [1.807, 2.05) is 25.2 Å². The fourth-order valence-corrected chi connectivity index (χ4v) is 2.81. The number of carbonyl (C=O) groups excluding carboxylic acids is 1. The van der Waals surface area contributed by atoms with Crippen LogP contribution in [0.5, 0.6) is 11.6 Å². The smallest absolute Gasteiger partial charge is 0.256 e. The molecule has 0 saturated carbocycles. The number of rotatable bonds is 8. The summed E-state index contributed by atoms with van der Waals surface area (Å²) in [5.74, 6) is 0.629. The summed E-state index contributed by atoms with van der Waals surface area (Å²) in [6.45, 7) is 1.40. The third-order valence-corrected chi connectivity index (χ3v) is 4.45. The Morgan fingerprint density at radius 1 is 1.07 bits per heavy atom. The monoisotopic (exact) mass is 395 g/mol. The molecule has 0 fully saturated rings. The molecule has 0 radical (unpaired) electrons. The van der Waals surface area contributed by atoms with Crippen molar-refractivity contribution in [1.29, 1.82) is 0 Å². The number of benzene rings is 2. The molecule has 28 heavy (non-hydrogen) atoms. The van der Waals surface area contributed by atoms with Crippen molar-refractivity contribution in [2.45, 2.75) is 6.42 Å². The van der Waals surface area contributed by atoms with E-state index in [9.17, 15) is 4.79 Å². The largest absolute Gasteiger partial charge is 0.438 e. The second-order valence-electron chi connectivity index (χ2n) is 6.28. The highest BCUT2D eigenvalue weighted by atomic mass is 35.5. The predicted molar refractivity (Wildman–Crippen MR) is 112 cm³/mol. The molecule has 1 N–H and O–H groups in total. The topological polar surface area (TPSA) is 54.5 Å². The number of anilines is 1. The molecule has 5 nitrogen and oxygen atoms in total. The van der Waals surface area contributed by atoms with Crippen LogP contribution in [-0.2, 0) is 0 Å². The van der Waals surface area contributed by atoms with Gasteiger partial charge in [0.2, 0.25) is 5.88 Å². The van der Waals surface area contributed by atoms with E-state index in [0.29, 0.717) is 22.9 Å². The van der Waals surface area contributed by atoms with Crippen LogP contribution in [0.4, 0.5) is 5.69 Å². The number of para-hydroxylation sites is 1. The van der Waals surface area contributed by atoms with Gasteiger partial charge in [0.05, 0.1) is 0 Å². The van der Waals surface area contributed by atoms with Crippen molar-refractivity contribution in [3.63, 3.8) is 0 Å². The molecule has 0 saturated heterocycles. The average Bonchev–Trinajstić information content (AvgIpc) is 2.73. The molecular formula is C22H22ClN3O2. The van der Waals surface area contributed by atoms with Gasteiger partial charge >= 0.3 is 0 Å². The van der Waals surface area contributed by atoms with Crippen molar-refractivity contribution < 1.29 is 9.53 Å². The Morgan fingerprint density at radius 3 is 2.57 bits per heavy atom. The molecule has 0 aliphatic heterocycles. The fourth-order valence-electron chi connectivity index (χ4n) is 2.68. The minimum atomic E-state index is -0.209. The molecule has 1 heterocycles. The van der Waals surface area contributed by atoms with Gasteiger partial charge in [-0.15, -0.1) is 0 Å². The summed E-state index contributed by atoms with van der Waals surface area (Å²) in [4.78, 5) is 18.9. The number of amides is 1. The minimum Gasteiger partial charge on any atom is -0.438 e. The molecule has 0 aliphatic rings. The molecule has 1 aromatic heterocycles. The number of ether oxygens (including phenoxy) is 1. The Kier molecular flexibility index (Phi) is 6.87. The van der Waals surface area contributed by atoms with E-state index in [2.05, 4.69) is 27.3 Å². The zero-order chi connectivity index (χ0) is 19.8. The van der Waals surface area contributed by atoms with Crippen LogP contribution in [-0.4, -0.2) is 31.0 Å². The maximum atomic E-state index is 12.6. The molecule has 0 unspecified atom stereocenters. The predicted octanol–water partition coefficient (Wildman–Crippen LogP) is 4.78. The number of nitrogens with zero attached hydrogens (tertiary/aromatic N) is 2. The third kappa shape index (κ3) is 5.47. The van der Waals surface area contributed by atoms with E-state index in [-0.39, 0.29) is 11.8 Å². The molecule has 0 aliphatic carbocycles. The van der Waals surface area contributed by atoms with Gasteiger partial charge in [-0.1, -0.05) is 29.8 Å². The lowest BCUT2D eigenvalue weighted by atomic mass is 10.2. The molecule has 2 aromatic carbocycles. The van der Waals surface area contributed by atoms with Crippen LogP contribution in [0.15, 0.2) is 72.9 Å². The quantitative estimate of drug-likeness (QED) is 0.557. The Morgan fingerprint density at radius 2 is 1.82 bits per heavy atom. The fraction of sp³-hybridized carbons (Fsp3) is 0.182. The highest BCUT2D eigenvalue weighted by Crippen LogP contribution is 2.24. The van der Waals surface area contributed by atoms with E-state index in [0.717, 1.165) is 18.7 Å². The van der Waals surface area contributed by atoms with Gasteiger partial charge in [0.25, 0.3) is 5.91 Å². The first-order chi connectivity index (χ1) is 13.6. The summed E-state index contributed by atoms with van der Waals surface area (Å²) in [6.07, 6.45) is 2.42. The van der Waals surface area contributed by atoms with Crippen molar-refractivity contribution in [1.82, 2.24) is 10.3 Å². The molecule has 1 amide bonds. The maximum Gasteiger partial charge on any atom is 0.256 e. The van der Waals surface area contributed by atoms with Gasteiger partial charge in [0.1, 0.15) is 11.3 Å². The van der Waals surface area contributed by atoms with Crippen LogP contribution in [0.25, 0.3) is 0 Å². The van der Waals surface area contributed by atoms with Gasteiger partial charge in [0, 0.05) is 37.0 Å². The highest BCUT2D eigenvalue weighted by molar-refractivity contribution is 6.30. The second-order valence-corrected chi connectivity index (χ2v) is 6.72. The normalized spacial score (nSPS) is 10.4. The van der Waals surface area contributed by atoms with Gasteiger partial charge in [0.15, 0.2) is 0 Å². The number of nitrogens with one attached hydrogen (secondary N) is 1. The summed E-state index contributed by atoms with van der Waals surface area (Å²) in [5, 5.41) is 3.55. The van der Waals surface area contributed by atoms with E-state index in [1.165, 1.54) is 0 Å². The maximum absolute atomic E-state index is 12.6. The average molecular weight is 396 g/mol. The van der Waals surface area contributed by atoms with Gasteiger partial charge in [-0.25, -0.2) is 4.98 Å². The molecule has 0 atom stereocenters. The van der Waals surface area contributed by atoms with Crippen molar-refractivity contribution >= 4 is 23.2 Å². The highest BCUT2D eigenvalue weighted by Gasteiger charge is 2.14. The Balaban J connectivity index is 1.53. The van der Waals surface area contributed by atoms with Crippen LogP contribution < -0.4 is 15.0 Å². The summed E-state index contributed by atoms with van der Waals surface area (Å²) >= 11 is 5.89. The Hall–Kier alpha value is -3.05. The minimum absolute atomic E-state index is 0.209. The van der Waals surface area contributed by atoms with Crippen LogP contribution >= 0.6 is 11.6 Å². The molecule has 0 spiro atoms. The SMILES string of the molecule is CN(CCCNC(=O)c1cccnc1Oc1ccc(Cl)cc1)c1ccccc1. The summed E-state index contributed by atoms with van der Waals surface area (Å²) in [7, 11) is 2.04. The molecule has 6 heteroatoms. The van der Waals surface area contributed by atoms with Gasteiger partial charge in [-0.2, -0.15) is 0 Å². The van der Waals surface area contributed by atoms with E-state index in [1.54, 1.807) is 42.6 Å². The number of carbonyl (C=O) groups is 1. The summed E-state index contributed by atoms with van der Waals surface area (Å²) in [6, 6.07) is 20.5. The molecule has 3 rings (SSSR count). The van der Waals surface area contributed by atoms with Crippen molar-refractivity contribution in [2.24, 2.45) is 0 Å². The Labute approximate surface area is 169 Å². The van der Waals surface area contributed by atoms with Gasteiger partial charge in [-0.05, 0) is 55.0 Å². The van der Waals surface area contributed by atoms with E-state index < -0.39 is 0 Å². The van der Waals surface area contributed by atoms with Crippen LogP contribution in [0.1, 0.15) is 16.8 Å². The first kappa shape index (κ1) is 19.7. The lowest BCUT2D eigenvalue weighted by Crippen LogP contribution is -2.28. The van der Waals surface area contributed by atoms with Gasteiger partial charge in [-0.3, -0.25) is 4.79 Å². The Bertz CT molecular complexity index is 901. The number of pyridine rings is 1. The third-order valence-electron chi connectivity index (χ3n) is 4.20. The summed E-state index contributed by atoms with van der Waals surface area (Å²) in [5.41, 5.74) is 1.55. The van der Waals surface area contributed by atoms with Crippen molar-refractivity contribution in [3.05, 3.63) is 83.5 Å². The summed E-state index contributed by atoms with van der Waals surface area (Å²) < 4.78 is 5.75. The van der Waals surface area contributed by atoms with Crippen LogP contribution in [0, 0.1) is 0 Å². The van der Waals surface area contributed by atoms with Crippen molar-refractivity contribution in [2.75, 3.05) is 25.0 Å². The van der Waals surface area contributed by atoms with E-state index >= 15 is 0 Å². The molecule has 3 aromatic rings. The molecular weight excluding hydrogens is 374 g/mol. The van der Waals surface area contributed by atoms with Crippen LogP contribution in [0.3, 0.4) is 0 Å². The lowest BCUT2D eigenvalue weighted by Gasteiger charge is -2.19. The number of hydrogen-bond donors (Lipinski definition) is 1. The van der Waals surface area contributed by atoms with E-state index in [4.69, 9.17) is 16.3 Å². The first-order valence-corrected chi connectivity index (χ1v) is 9.44. The van der Waals surface area contributed by atoms with Crippen molar-refractivity contribution in [3.8, 4) is 11.6 Å². The standard InChI is InChI=1S/C22H22ClN3O2/c1-26(18-7-3-2-4-8-18)16-6-15-24-21(27)20-9-5-14-25-22(20)28-19-12-10-17(23)11-13-19/h2-5,7-14H,6,15-16H2,1H3,(H,24,27). The number of halogens is 1. The number of aromatic nitrogens is 1. The molecule has 0 bridgehead atoms. The number of hydrogen-bond acceptors (Lipinski definition) is 4. The molecule has 144 valence electrons. The second kappa shape index (κ2) is 9.76. The van der Waals surface area contributed by atoms with Crippen LogP contribution in [0.2, 0.25) is 5.02 Å². The first-order valence-electron chi connectivity index (χ1n) is 9.06. The zero-order valence-electron chi connectivity index (χ0n) is 15.6. The lowest BCUT2D eigenvalue weighted by molar-refractivity contribution is 0.0950. The zero-order valence-corrected chi connectivity index (χ0v) is 16.4.